The van der Waals surface area contributed by atoms with Crippen molar-refractivity contribution in [1.29, 1.82) is 0 Å². The van der Waals surface area contributed by atoms with Crippen LogP contribution in [-0.2, 0) is 6.42 Å². The van der Waals surface area contributed by atoms with Crippen LogP contribution in [0.5, 0.6) is 5.75 Å². The fourth-order valence-corrected chi connectivity index (χ4v) is 1.69. The minimum Gasteiger partial charge on any atom is -0.487 e. The Morgan fingerprint density at radius 3 is 3.00 bits per heavy atom. The zero-order chi connectivity index (χ0) is 9.26. The van der Waals surface area contributed by atoms with Crippen LogP contribution in [0, 0.1) is 0 Å². The van der Waals surface area contributed by atoms with Gasteiger partial charge in [-0.25, -0.2) is 0 Å². The van der Waals surface area contributed by atoms with Gasteiger partial charge in [-0.05, 0) is 18.1 Å². The van der Waals surface area contributed by atoms with Gasteiger partial charge in [0.25, 0.3) is 0 Å². The Hall–Kier alpha value is -1.02. The third-order valence-electron chi connectivity index (χ3n) is 2.52. The number of benzene rings is 1. The van der Waals surface area contributed by atoms with Crippen molar-refractivity contribution in [2.75, 3.05) is 0 Å². The van der Waals surface area contributed by atoms with E-state index >= 15 is 0 Å². The second-order valence-electron chi connectivity index (χ2n) is 3.44. The number of aliphatic hydroxyl groups excluding tert-OH is 1. The fourth-order valence-electron chi connectivity index (χ4n) is 1.69. The minimum atomic E-state index is -0.340. The number of ether oxygens (including phenoxy) is 1. The molecular formula is C11H14O2. The van der Waals surface area contributed by atoms with E-state index in [4.69, 9.17) is 4.74 Å². The average Bonchev–Trinajstić information content (AvgIpc) is 2.59. The van der Waals surface area contributed by atoms with Crippen LogP contribution in [0.25, 0.3) is 0 Å². The van der Waals surface area contributed by atoms with Gasteiger partial charge < -0.3 is 9.84 Å². The van der Waals surface area contributed by atoms with Crippen LogP contribution in [0.15, 0.2) is 24.3 Å². The zero-order valence-corrected chi connectivity index (χ0v) is 7.73. The Balaban J connectivity index is 2.14. The van der Waals surface area contributed by atoms with Gasteiger partial charge in [-0.15, -0.1) is 0 Å². The monoisotopic (exact) mass is 178 g/mol. The summed E-state index contributed by atoms with van der Waals surface area (Å²) < 4.78 is 5.61. The second-order valence-corrected chi connectivity index (χ2v) is 3.44. The molecule has 1 aliphatic heterocycles. The van der Waals surface area contributed by atoms with Crippen molar-refractivity contribution in [3.05, 3.63) is 29.8 Å². The third-order valence-corrected chi connectivity index (χ3v) is 2.52. The van der Waals surface area contributed by atoms with Crippen molar-refractivity contribution in [3.63, 3.8) is 0 Å². The Kier molecular flexibility index (Phi) is 2.23. The van der Waals surface area contributed by atoms with E-state index in [1.165, 1.54) is 5.56 Å². The van der Waals surface area contributed by atoms with E-state index in [0.717, 1.165) is 18.6 Å². The Bertz CT molecular complexity index is 271. The van der Waals surface area contributed by atoms with E-state index in [0.29, 0.717) is 0 Å². The molecule has 2 rings (SSSR count). The van der Waals surface area contributed by atoms with Crippen LogP contribution >= 0.6 is 0 Å². The molecule has 0 saturated heterocycles. The average molecular weight is 178 g/mol. The molecule has 1 aromatic rings. The Morgan fingerprint density at radius 1 is 1.54 bits per heavy atom. The summed E-state index contributed by atoms with van der Waals surface area (Å²) in [5, 5.41) is 9.60. The normalized spacial score (nSPS) is 22.2. The van der Waals surface area contributed by atoms with E-state index < -0.39 is 0 Å². The van der Waals surface area contributed by atoms with Gasteiger partial charge in [0.15, 0.2) is 0 Å². The SMILES string of the molecule is CCC(O)C1Cc2ccccc2O1. The summed E-state index contributed by atoms with van der Waals surface area (Å²) in [7, 11) is 0. The fraction of sp³-hybridized carbons (Fsp3) is 0.455. The summed E-state index contributed by atoms with van der Waals surface area (Å²) in [6.07, 6.45) is 1.21. The molecule has 2 heteroatoms. The molecule has 0 amide bonds. The van der Waals surface area contributed by atoms with Crippen molar-refractivity contribution in [2.45, 2.75) is 32.0 Å². The Labute approximate surface area is 78.2 Å². The molecular weight excluding hydrogens is 164 g/mol. The smallest absolute Gasteiger partial charge is 0.129 e. The number of aliphatic hydroxyl groups is 1. The molecule has 0 aliphatic carbocycles. The van der Waals surface area contributed by atoms with Gasteiger partial charge in [-0.1, -0.05) is 25.1 Å². The standard InChI is InChI=1S/C11H14O2/c1-2-9(12)11-7-8-5-3-4-6-10(8)13-11/h3-6,9,11-12H,2,7H2,1H3. The zero-order valence-electron chi connectivity index (χ0n) is 7.73. The number of rotatable bonds is 2. The van der Waals surface area contributed by atoms with Gasteiger partial charge in [0, 0.05) is 6.42 Å². The maximum absolute atomic E-state index is 9.60. The van der Waals surface area contributed by atoms with E-state index in [1.807, 2.05) is 25.1 Å². The van der Waals surface area contributed by atoms with E-state index in [-0.39, 0.29) is 12.2 Å². The molecule has 0 radical (unpaired) electrons. The van der Waals surface area contributed by atoms with Crippen molar-refractivity contribution < 1.29 is 9.84 Å². The van der Waals surface area contributed by atoms with Gasteiger partial charge in [0.2, 0.25) is 0 Å². The number of hydrogen-bond donors (Lipinski definition) is 1. The summed E-state index contributed by atoms with van der Waals surface area (Å²) in [4.78, 5) is 0. The lowest BCUT2D eigenvalue weighted by atomic mass is 10.1. The first-order chi connectivity index (χ1) is 6.31. The van der Waals surface area contributed by atoms with E-state index in [9.17, 15) is 5.11 Å². The van der Waals surface area contributed by atoms with Crippen LogP contribution in [0.3, 0.4) is 0 Å². The molecule has 0 aromatic heterocycles. The lowest BCUT2D eigenvalue weighted by Crippen LogP contribution is -2.29. The third kappa shape index (κ3) is 1.54. The molecule has 1 aromatic carbocycles. The van der Waals surface area contributed by atoms with Gasteiger partial charge in [-0.3, -0.25) is 0 Å². The van der Waals surface area contributed by atoms with Crippen molar-refractivity contribution >= 4 is 0 Å². The lowest BCUT2D eigenvalue weighted by molar-refractivity contribution is 0.0475. The molecule has 2 nitrogen and oxygen atoms in total. The van der Waals surface area contributed by atoms with Gasteiger partial charge >= 0.3 is 0 Å². The second kappa shape index (κ2) is 3.38. The minimum absolute atomic E-state index is 0.0394. The van der Waals surface area contributed by atoms with E-state index in [1.54, 1.807) is 0 Å². The summed E-state index contributed by atoms with van der Waals surface area (Å²) >= 11 is 0. The molecule has 70 valence electrons. The summed E-state index contributed by atoms with van der Waals surface area (Å²) in [5.41, 5.74) is 1.21. The molecule has 2 atom stereocenters. The highest BCUT2D eigenvalue weighted by molar-refractivity contribution is 5.37. The highest BCUT2D eigenvalue weighted by Gasteiger charge is 2.27. The van der Waals surface area contributed by atoms with Gasteiger partial charge in [-0.2, -0.15) is 0 Å². The van der Waals surface area contributed by atoms with Crippen molar-refractivity contribution in [1.82, 2.24) is 0 Å². The first kappa shape index (κ1) is 8.57. The highest BCUT2D eigenvalue weighted by atomic mass is 16.5. The molecule has 0 bridgehead atoms. The number of para-hydroxylation sites is 1. The molecule has 1 heterocycles. The first-order valence-electron chi connectivity index (χ1n) is 4.74. The summed E-state index contributed by atoms with van der Waals surface area (Å²) in [6.45, 7) is 1.97. The molecule has 1 N–H and O–H groups in total. The molecule has 13 heavy (non-hydrogen) atoms. The largest absolute Gasteiger partial charge is 0.487 e. The van der Waals surface area contributed by atoms with Crippen LogP contribution in [0.2, 0.25) is 0 Å². The molecule has 0 fully saturated rings. The molecule has 1 aliphatic rings. The number of fused-ring (bicyclic) bond motifs is 1. The maximum Gasteiger partial charge on any atom is 0.129 e. The molecule has 0 saturated carbocycles. The van der Waals surface area contributed by atoms with E-state index in [2.05, 4.69) is 6.07 Å². The van der Waals surface area contributed by atoms with Gasteiger partial charge in [0.1, 0.15) is 11.9 Å². The van der Waals surface area contributed by atoms with Crippen LogP contribution in [0.1, 0.15) is 18.9 Å². The summed E-state index contributed by atoms with van der Waals surface area (Å²) in [6, 6.07) is 7.97. The topological polar surface area (TPSA) is 29.5 Å². The van der Waals surface area contributed by atoms with Crippen molar-refractivity contribution in [3.8, 4) is 5.75 Å². The van der Waals surface area contributed by atoms with Crippen LogP contribution < -0.4 is 4.74 Å². The molecule has 0 spiro atoms. The lowest BCUT2D eigenvalue weighted by Gasteiger charge is -2.15. The quantitative estimate of drug-likeness (QED) is 0.747. The highest BCUT2D eigenvalue weighted by Crippen LogP contribution is 2.29. The summed E-state index contributed by atoms with van der Waals surface area (Å²) in [5.74, 6) is 0.931. The van der Waals surface area contributed by atoms with Crippen molar-refractivity contribution in [2.24, 2.45) is 0 Å². The predicted molar refractivity (Wildman–Crippen MR) is 50.9 cm³/mol. The number of hydrogen-bond acceptors (Lipinski definition) is 2. The Morgan fingerprint density at radius 2 is 2.31 bits per heavy atom. The van der Waals surface area contributed by atoms with Crippen LogP contribution in [-0.4, -0.2) is 17.3 Å². The maximum atomic E-state index is 9.60. The first-order valence-corrected chi connectivity index (χ1v) is 4.74. The van der Waals surface area contributed by atoms with Gasteiger partial charge in [0.05, 0.1) is 6.10 Å². The van der Waals surface area contributed by atoms with Crippen LogP contribution in [0.4, 0.5) is 0 Å². The predicted octanol–water partition coefficient (Wildman–Crippen LogP) is 1.76. The molecule has 2 unspecified atom stereocenters.